The van der Waals surface area contributed by atoms with Crippen molar-refractivity contribution in [1.82, 2.24) is 15.0 Å². The van der Waals surface area contributed by atoms with E-state index in [0.29, 0.717) is 19.0 Å². The molecule has 0 spiro atoms. The van der Waals surface area contributed by atoms with Gasteiger partial charge in [0.1, 0.15) is 11.6 Å². The van der Waals surface area contributed by atoms with Crippen LogP contribution in [-0.2, 0) is 11.3 Å². The van der Waals surface area contributed by atoms with Crippen molar-refractivity contribution in [2.75, 3.05) is 24.3 Å². The van der Waals surface area contributed by atoms with Crippen LogP contribution in [0, 0.1) is 5.82 Å². The van der Waals surface area contributed by atoms with Gasteiger partial charge in [-0.25, -0.2) is 9.37 Å². The topological polar surface area (TPSA) is 88.8 Å². The molecule has 1 saturated heterocycles. The fraction of sp³-hybridized carbons (Fsp3) is 0.294. The van der Waals surface area contributed by atoms with E-state index in [0.717, 1.165) is 35.3 Å². The van der Waals surface area contributed by atoms with Crippen molar-refractivity contribution < 1.29 is 9.13 Å². The summed E-state index contributed by atoms with van der Waals surface area (Å²) in [7, 11) is 0. The van der Waals surface area contributed by atoms with Crippen molar-refractivity contribution >= 4 is 22.7 Å². The Kier molecular flexibility index (Phi) is 3.78. The lowest BCUT2D eigenvalue weighted by molar-refractivity contribution is 0.193. The highest BCUT2D eigenvalue weighted by molar-refractivity contribution is 5.80. The minimum absolute atomic E-state index is 0.243. The number of ether oxygens (including phenoxy) is 1. The third kappa shape index (κ3) is 3.03. The van der Waals surface area contributed by atoms with Gasteiger partial charge in [0.05, 0.1) is 18.8 Å². The maximum atomic E-state index is 13.3. The molecule has 0 aliphatic carbocycles. The van der Waals surface area contributed by atoms with E-state index in [1.807, 2.05) is 12.1 Å². The fourth-order valence-corrected chi connectivity index (χ4v) is 3.00. The van der Waals surface area contributed by atoms with Crippen LogP contribution >= 0.6 is 0 Å². The van der Waals surface area contributed by atoms with Gasteiger partial charge in [0.15, 0.2) is 0 Å². The summed E-state index contributed by atoms with van der Waals surface area (Å²) in [6.45, 7) is 1.96. The first-order valence-corrected chi connectivity index (χ1v) is 7.90. The molecule has 4 N–H and O–H groups in total. The van der Waals surface area contributed by atoms with Crippen molar-refractivity contribution in [3.8, 4) is 0 Å². The second-order valence-electron chi connectivity index (χ2n) is 5.98. The van der Waals surface area contributed by atoms with Gasteiger partial charge in [-0.2, -0.15) is 4.98 Å². The molecular weight excluding hydrogens is 309 g/mol. The van der Waals surface area contributed by atoms with Gasteiger partial charge in [-0.3, -0.25) is 0 Å². The maximum absolute atomic E-state index is 13.3. The van der Waals surface area contributed by atoms with E-state index < -0.39 is 0 Å². The number of halogens is 1. The number of hydrogen-bond acceptors (Lipinski definition) is 5. The lowest BCUT2D eigenvalue weighted by Gasteiger charge is -2.11. The number of fused-ring (bicyclic) bond motifs is 1. The first-order chi connectivity index (χ1) is 11.7. The molecule has 1 atom stereocenters. The number of nitrogens with two attached hydrogens (primary N) is 1. The van der Waals surface area contributed by atoms with Crippen molar-refractivity contribution in [3.63, 3.8) is 0 Å². The predicted molar refractivity (Wildman–Crippen MR) is 90.2 cm³/mol. The van der Waals surface area contributed by atoms with Crippen molar-refractivity contribution in [3.05, 3.63) is 47.5 Å². The first kappa shape index (κ1) is 14.9. The first-order valence-electron chi connectivity index (χ1n) is 7.90. The highest BCUT2D eigenvalue weighted by Crippen LogP contribution is 2.25. The summed E-state index contributed by atoms with van der Waals surface area (Å²) in [4.78, 5) is 11.8. The minimum atomic E-state index is -0.243. The number of nitrogens with zero attached hydrogens (tertiary/aromatic N) is 2. The van der Waals surface area contributed by atoms with Crippen molar-refractivity contribution in [2.24, 2.45) is 0 Å². The normalized spacial score (nSPS) is 17.5. The van der Waals surface area contributed by atoms with Crippen molar-refractivity contribution in [2.45, 2.75) is 18.9 Å². The van der Waals surface area contributed by atoms with E-state index in [2.05, 4.69) is 20.3 Å². The molecule has 3 aromatic rings. The van der Waals surface area contributed by atoms with E-state index in [4.69, 9.17) is 10.5 Å². The van der Waals surface area contributed by atoms with Gasteiger partial charge >= 0.3 is 0 Å². The Morgan fingerprint density at radius 1 is 1.29 bits per heavy atom. The quantitative estimate of drug-likeness (QED) is 0.686. The standard InChI is InChI=1S/C17H18FN5O/c18-12-1-2-14-11(5-12)6-13(21-14)8-20-16-7-15(22-17(19)23-16)10-3-4-24-9-10/h1-2,5-7,10,21H,3-4,8-9H2,(H3,19,20,22,23)/t10-/m0/s1. The van der Waals surface area contributed by atoms with E-state index in [1.54, 1.807) is 6.07 Å². The monoisotopic (exact) mass is 327 g/mol. The molecule has 1 aliphatic rings. The van der Waals surface area contributed by atoms with Crippen LogP contribution in [0.4, 0.5) is 16.2 Å². The Morgan fingerprint density at radius 2 is 2.21 bits per heavy atom. The Balaban J connectivity index is 1.51. The Bertz CT molecular complexity index is 873. The van der Waals surface area contributed by atoms with Crippen LogP contribution < -0.4 is 11.1 Å². The highest BCUT2D eigenvalue weighted by atomic mass is 19.1. The SMILES string of the molecule is Nc1nc(NCc2cc3cc(F)ccc3[nH]2)cc([C@H]2CCOC2)n1. The summed E-state index contributed by atoms with van der Waals surface area (Å²) in [5, 5.41) is 4.09. The smallest absolute Gasteiger partial charge is 0.222 e. The summed E-state index contributed by atoms with van der Waals surface area (Å²) < 4.78 is 18.7. The second-order valence-corrected chi connectivity index (χ2v) is 5.98. The third-order valence-corrected chi connectivity index (χ3v) is 4.21. The average molecular weight is 327 g/mol. The molecule has 124 valence electrons. The lowest BCUT2D eigenvalue weighted by Crippen LogP contribution is -2.09. The van der Waals surface area contributed by atoms with E-state index >= 15 is 0 Å². The molecule has 4 rings (SSSR count). The number of nitrogen functional groups attached to an aromatic ring is 1. The summed E-state index contributed by atoms with van der Waals surface area (Å²) in [5.74, 6) is 0.953. The number of benzene rings is 1. The highest BCUT2D eigenvalue weighted by Gasteiger charge is 2.20. The van der Waals surface area contributed by atoms with Gasteiger partial charge in [0.2, 0.25) is 5.95 Å². The maximum Gasteiger partial charge on any atom is 0.222 e. The van der Waals surface area contributed by atoms with Gasteiger partial charge in [-0.15, -0.1) is 0 Å². The largest absolute Gasteiger partial charge is 0.381 e. The van der Waals surface area contributed by atoms with Crippen LogP contribution in [0.25, 0.3) is 10.9 Å². The molecule has 6 nitrogen and oxygen atoms in total. The van der Waals surface area contributed by atoms with Crippen LogP contribution in [0.3, 0.4) is 0 Å². The summed E-state index contributed by atoms with van der Waals surface area (Å²) in [6.07, 6.45) is 0.948. The van der Waals surface area contributed by atoms with Gasteiger partial charge in [-0.1, -0.05) is 0 Å². The third-order valence-electron chi connectivity index (χ3n) is 4.21. The van der Waals surface area contributed by atoms with Crippen LogP contribution in [0.1, 0.15) is 23.7 Å². The van der Waals surface area contributed by atoms with Crippen LogP contribution in [0.15, 0.2) is 30.3 Å². The number of hydrogen-bond donors (Lipinski definition) is 3. The zero-order chi connectivity index (χ0) is 16.5. The number of rotatable bonds is 4. The summed E-state index contributed by atoms with van der Waals surface area (Å²) in [5.41, 5.74) is 8.57. The molecule has 24 heavy (non-hydrogen) atoms. The molecule has 1 aromatic carbocycles. The van der Waals surface area contributed by atoms with Gasteiger partial charge in [-0.05, 0) is 30.7 Å². The average Bonchev–Trinajstić information content (AvgIpc) is 3.21. The van der Waals surface area contributed by atoms with Crippen LogP contribution in [0.5, 0.6) is 0 Å². The Hall–Kier alpha value is -2.67. The van der Waals surface area contributed by atoms with Gasteiger partial charge in [0, 0.05) is 35.2 Å². The van der Waals surface area contributed by atoms with E-state index in [-0.39, 0.29) is 17.7 Å². The zero-order valence-electron chi connectivity index (χ0n) is 13.1. The Labute approximate surface area is 138 Å². The van der Waals surface area contributed by atoms with Gasteiger partial charge in [0.25, 0.3) is 0 Å². The van der Waals surface area contributed by atoms with Crippen molar-refractivity contribution in [1.29, 1.82) is 0 Å². The fourth-order valence-electron chi connectivity index (χ4n) is 3.00. The number of H-pyrrole nitrogens is 1. The van der Waals surface area contributed by atoms with E-state index in [9.17, 15) is 4.39 Å². The zero-order valence-corrected chi connectivity index (χ0v) is 13.1. The molecule has 0 amide bonds. The predicted octanol–water partition coefficient (Wildman–Crippen LogP) is 2.80. The Morgan fingerprint density at radius 3 is 3.04 bits per heavy atom. The minimum Gasteiger partial charge on any atom is -0.381 e. The molecular formula is C17H18FN5O. The number of anilines is 2. The molecule has 3 heterocycles. The number of aromatic amines is 1. The lowest BCUT2D eigenvalue weighted by atomic mass is 10.0. The number of nitrogens with one attached hydrogen (secondary N) is 2. The summed E-state index contributed by atoms with van der Waals surface area (Å²) in [6, 6.07) is 8.52. The second kappa shape index (κ2) is 6.09. The molecule has 0 saturated carbocycles. The molecule has 0 unspecified atom stereocenters. The molecule has 0 bridgehead atoms. The van der Waals surface area contributed by atoms with Crippen LogP contribution in [0.2, 0.25) is 0 Å². The van der Waals surface area contributed by atoms with E-state index in [1.165, 1.54) is 12.1 Å². The molecule has 2 aromatic heterocycles. The number of aromatic nitrogens is 3. The van der Waals surface area contributed by atoms with Crippen LogP contribution in [-0.4, -0.2) is 28.2 Å². The molecule has 1 fully saturated rings. The van der Waals surface area contributed by atoms with Gasteiger partial charge < -0.3 is 20.8 Å². The molecule has 1 aliphatic heterocycles. The molecule has 0 radical (unpaired) electrons. The molecule has 7 heteroatoms. The summed E-state index contributed by atoms with van der Waals surface area (Å²) >= 11 is 0.